The fraction of sp³-hybridized carbons (Fsp3) is 0.614. The Hall–Kier alpha value is -6.97. The molecule has 1 fully saturated rings. The third kappa shape index (κ3) is 19.7. The largest absolute Gasteiger partial charge is 0.508 e. The molecule has 1 aromatic carbocycles. The van der Waals surface area contributed by atoms with Crippen molar-refractivity contribution in [2.75, 3.05) is 19.6 Å². The number of carbonyl (C=O) groups excluding carboxylic acids is 9. The Kier molecular flexibility index (Phi) is 24.8. The highest BCUT2D eigenvalue weighted by Crippen LogP contribution is 2.20. The van der Waals surface area contributed by atoms with Crippen LogP contribution in [0.25, 0.3) is 0 Å². The fourth-order valence-electron chi connectivity index (χ4n) is 7.27. The summed E-state index contributed by atoms with van der Waals surface area (Å²) in [5.41, 5.74) is 16.9. The van der Waals surface area contributed by atoms with Gasteiger partial charge >= 0.3 is 11.9 Å². The number of carboxylic acid groups (broad SMARTS) is 2. The summed E-state index contributed by atoms with van der Waals surface area (Å²) in [5, 5.41) is 65.8. The van der Waals surface area contributed by atoms with Crippen LogP contribution in [-0.4, -0.2) is 176 Å². The van der Waals surface area contributed by atoms with Gasteiger partial charge in [0.05, 0.1) is 31.6 Å². The second kappa shape index (κ2) is 29.3. The SMILES string of the molecule is CC[C@H](C)[C@H](NC(=O)[C@@H](NC(=O)[C@H](Cc1ccc(O)cc1)NC(=O)[C@H](CC(N)=O)NC(=O)CNC(=O)[C@@H]1CCCN1C(=O)[C@H](CC(=O)O)NC(=O)[C@@H](N)[C@@H](C)O)[C@@H](C)O)C(=O)N[C@@H](CCCCN)C(=O)O. The zero-order valence-electron chi connectivity index (χ0n) is 40.1. The van der Waals surface area contributed by atoms with Crippen LogP contribution in [0.2, 0.25) is 0 Å². The van der Waals surface area contributed by atoms with Gasteiger partial charge in [-0.3, -0.25) is 47.9 Å². The molecule has 1 aliphatic heterocycles. The van der Waals surface area contributed by atoms with Gasteiger partial charge in [0.1, 0.15) is 54.1 Å². The highest BCUT2D eigenvalue weighted by atomic mass is 16.4. The number of carbonyl (C=O) groups is 11. The van der Waals surface area contributed by atoms with E-state index in [9.17, 15) is 78.3 Å². The summed E-state index contributed by atoms with van der Waals surface area (Å²) in [6, 6.07) is -6.95. The van der Waals surface area contributed by atoms with Gasteiger partial charge in [0.15, 0.2) is 0 Å². The second-order valence-corrected chi connectivity index (χ2v) is 17.3. The molecule has 1 aliphatic rings. The lowest BCUT2D eigenvalue weighted by molar-refractivity contribution is -0.146. The lowest BCUT2D eigenvalue weighted by Gasteiger charge is -2.30. The van der Waals surface area contributed by atoms with Crippen molar-refractivity contribution < 1.29 is 78.3 Å². The van der Waals surface area contributed by atoms with Crippen LogP contribution in [0.5, 0.6) is 5.75 Å². The molecular weight excluding hydrogens is 939 g/mol. The van der Waals surface area contributed by atoms with Crippen molar-refractivity contribution in [3.8, 4) is 5.75 Å². The average Bonchev–Trinajstić information content (AvgIpc) is 3.80. The number of hydrogen-bond donors (Lipinski definition) is 15. The first-order chi connectivity index (χ1) is 33.3. The predicted octanol–water partition coefficient (Wildman–Crippen LogP) is -5.35. The number of aliphatic hydroxyl groups is 2. The van der Waals surface area contributed by atoms with E-state index in [2.05, 4.69) is 37.2 Å². The normalized spacial score (nSPS) is 17.5. The zero-order chi connectivity index (χ0) is 53.7. The van der Waals surface area contributed by atoms with Gasteiger partial charge in [-0.15, -0.1) is 0 Å². The minimum absolute atomic E-state index is 0.0407. The molecule has 1 heterocycles. The van der Waals surface area contributed by atoms with Crippen LogP contribution in [0.1, 0.15) is 84.6 Å². The van der Waals surface area contributed by atoms with E-state index in [0.29, 0.717) is 31.4 Å². The van der Waals surface area contributed by atoms with Crippen molar-refractivity contribution in [3.05, 3.63) is 29.8 Å². The number of phenolic OH excluding ortho intramolecular Hbond substituents is 1. The molecule has 0 radical (unpaired) electrons. The quantitative estimate of drug-likeness (QED) is 0.0320. The van der Waals surface area contributed by atoms with Crippen LogP contribution in [0.15, 0.2) is 24.3 Å². The molecule has 11 atom stereocenters. The number of likely N-dealkylation sites (tertiary alicyclic amines) is 1. The van der Waals surface area contributed by atoms with Gasteiger partial charge in [-0.05, 0) is 76.1 Å². The van der Waals surface area contributed by atoms with E-state index in [1.54, 1.807) is 13.8 Å². The molecule has 0 spiro atoms. The number of carboxylic acids is 2. The summed E-state index contributed by atoms with van der Waals surface area (Å²) in [6.45, 7) is 5.10. The van der Waals surface area contributed by atoms with Crippen molar-refractivity contribution in [2.45, 2.75) is 146 Å². The molecule has 0 aromatic heterocycles. The Balaban J connectivity index is 2.31. The zero-order valence-corrected chi connectivity index (χ0v) is 40.1. The van der Waals surface area contributed by atoms with Gasteiger partial charge in [-0.2, -0.15) is 0 Å². The summed E-state index contributed by atoms with van der Waals surface area (Å²) in [7, 11) is 0. The number of phenols is 1. The molecule has 0 aliphatic carbocycles. The summed E-state index contributed by atoms with van der Waals surface area (Å²) < 4.78 is 0. The summed E-state index contributed by atoms with van der Waals surface area (Å²) >= 11 is 0. The Morgan fingerprint density at radius 2 is 1.30 bits per heavy atom. The van der Waals surface area contributed by atoms with Gasteiger partial charge in [0.2, 0.25) is 53.2 Å². The first-order valence-corrected chi connectivity index (χ1v) is 23.0. The third-order valence-corrected chi connectivity index (χ3v) is 11.6. The molecule has 9 amide bonds. The Morgan fingerprint density at radius 1 is 0.718 bits per heavy atom. The van der Waals surface area contributed by atoms with E-state index in [1.807, 2.05) is 0 Å². The van der Waals surface area contributed by atoms with E-state index < -0.39 is 151 Å². The summed E-state index contributed by atoms with van der Waals surface area (Å²) in [5.74, 6) is -12.7. The van der Waals surface area contributed by atoms with Gasteiger partial charge in [0, 0.05) is 13.0 Å². The summed E-state index contributed by atoms with van der Waals surface area (Å²) in [6.07, 6.45) is -3.47. The molecule has 27 heteroatoms. The van der Waals surface area contributed by atoms with Gasteiger partial charge < -0.3 is 84.9 Å². The number of aromatic hydroxyl groups is 1. The van der Waals surface area contributed by atoms with Crippen LogP contribution in [0.3, 0.4) is 0 Å². The van der Waals surface area contributed by atoms with Crippen molar-refractivity contribution in [2.24, 2.45) is 23.1 Å². The molecule has 0 bridgehead atoms. The molecule has 396 valence electrons. The van der Waals surface area contributed by atoms with Crippen LogP contribution in [0, 0.1) is 5.92 Å². The summed E-state index contributed by atoms with van der Waals surface area (Å²) in [4.78, 5) is 144. The standard InChI is InChI=1S/C44H69N11O16/c1-5-21(2)35(41(67)50-26(44(70)71)9-6-7-15-45)53-42(68)36(23(4)57)54-38(64)27(17-24-11-13-25(58)14-12-24)51-37(63)28(18-31(46)59)49-32(60)20-48-39(65)30-10-8-16-55(30)43(69)29(19-33(61)62)52-40(66)34(47)22(3)56/h11-14,21-23,26-30,34-36,56-58H,5-10,15-20,45,47H2,1-4H3,(H2,46,59)(H,48,65)(H,49,60)(H,50,67)(H,51,63)(H,52,66)(H,53,68)(H,54,64)(H,61,62)(H,70,71)/t21-,22+,23+,26-,27-,28-,29-,30-,34-,35-,36-/m0/s1. The molecule has 1 saturated heterocycles. The fourth-order valence-corrected chi connectivity index (χ4v) is 7.27. The van der Waals surface area contributed by atoms with Crippen LogP contribution < -0.4 is 54.4 Å². The molecule has 0 unspecified atom stereocenters. The number of nitrogens with one attached hydrogen (secondary N) is 7. The number of hydrogen-bond acceptors (Lipinski definition) is 16. The molecule has 18 N–H and O–H groups in total. The Bertz CT molecular complexity index is 2060. The van der Waals surface area contributed by atoms with Gasteiger partial charge in [0.25, 0.3) is 0 Å². The van der Waals surface area contributed by atoms with Crippen molar-refractivity contribution >= 4 is 65.1 Å². The number of rotatable bonds is 30. The average molecular weight is 1010 g/mol. The molecule has 0 saturated carbocycles. The Labute approximate surface area is 409 Å². The number of nitrogens with zero attached hydrogens (tertiary/aromatic N) is 1. The number of primary amides is 1. The van der Waals surface area contributed by atoms with Crippen LogP contribution >= 0.6 is 0 Å². The number of amides is 9. The van der Waals surface area contributed by atoms with E-state index in [-0.39, 0.29) is 38.0 Å². The number of nitrogens with two attached hydrogens (primary N) is 3. The van der Waals surface area contributed by atoms with E-state index in [4.69, 9.17) is 17.2 Å². The number of unbranched alkanes of at least 4 members (excludes halogenated alkanes) is 1. The molecule has 27 nitrogen and oxygen atoms in total. The molecular formula is C44H69N11O16. The van der Waals surface area contributed by atoms with Crippen LogP contribution in [-0.2, 0) is 59.2 Å². The van der Waals surface area contributed by atoms with Crippen molar-refractivity contribution in [1.29, 1.82) is 0 Å². The highest BCUT2D eigenvalue weighted by Gasteiger charge is 2.40. The Morgan fingerprint density at radius 3 is 1.85 bits per heavy atom. The molecule has 1 aromatic rings. The predicted molar refractivity (Wildman–Crippen MR) is 249 cm³/mol. The maximum Gasteiger partial charge on any atom is 0.326 e. The first-order valence-electron chi connectivity index (χ1n) is 23.0. The lowest BCUT2D eigenvalue weighted by atomic mass is 9.96. The minimum Gasteiger partial charge on any atom is -0.508 e. The molecule has 2 rings (SSSR count). The third-order valence-electron chi connectivity index (χ3n) is 11.6. The number of aliphatic carboxylic acids is 2. The van der Waals surface area contributed by atoms with Gasteiger partial charge in [-0.1, -0.05) is 32.4 Å². The van der Waals surface area contributed by atoms with Crippen molar-refractivity contribution in [1.82, 2.24) is 42.1 Å². The van der Waals surface area contributed by atoms with Crippen molar-refractivity contribution in [3.63, 3.8) is 0 Å². The minimum atomic E-state index is -1.79. The molecule has 71 heavy (non-hydrogen) atoms. The van der Waals surface area contributed by atoms with E-state index >= 15 is 0 Å². The number of aliphatic hydroxyl groups excluding tert-OH is 2. The topological polar surface area (TPSA) is 454 Å². The maximum atomic E-state index is 14.0. The lowest BCUT2D eigenvalue weighted by Crippen LogP contribution is -2.62. The van der Waals surface area contributed by atoms with E-state index in [1.165, 1.54) is 31.2 Å². The first kappa shape index (κ1) is 60.2. The van der Waals surface area contributed by atoms with E-state index in [0.717, 1.165) is 11.8 Å². The van der Waals surface area contributed by atoms with Crippen LogP contribution in [0.4, 0.5) is 0 Å². The second-order valence-electron chi connectivity index (χ2n) is 17.3. The number of benzene rings is 1. The maximum absolute atomic E-state index is 14.0. The van der Waals surface area contributed by atoms with Gasteiger partial charge in [-0.25, -0.2) is 4.79 Å². The monoisotopic (exact) mass is 1010 g/mol. The smallest absolute Gasteiger partial charge is 0.326 e. The highest BCUT2D eigenvalue weighted by molar-refractivity contribution is 5.99.